The van der Waals surface area contributed by atoms with Crippen molar-refractivity contribution in [3.63, 3.8) is 0 Å². The normalized spacial score (nSPS) is 11.5. The Hall–Kier alpha value is -0.950. The summed E-state index contributed by atoms with van der Waals surface area (Å²) < 4.78 is 30.3. The van der Waals surface area contributed by atoms with Crippen LogP contribution in [0.3, 0.4) is 0 Å². The van der Waals surface area contributed by atoms with Gasteiger partial charge in [-0.1, -0.05) is 52.7 Å². The van der Waals surface area contributed by atoms with Gasteiger partial charge in [-0.05, 0) is 49.5 Å². The highest BCUT2D eigenvalue weighted by Crippen LogP contribution is 2.18. The topological polar surface area (TPSA) is 77.8 Å². The fraction of sp³-hybridized carbons (Fsp3) is 0.684. The number of benzene rings is 1. The quantitative estimate of drug-likeness (QED) is 0.608. The zero-order valence-electron chi connectivity index (χ0n) is 16.1. The summed E-state index contributed by atoms with van der Waals surface area (Å²) in [5.74, 6) is 0.252. The van der Waals surface area contributed by atoms with E-state index in [1.807, 2.05) is 19.9 Å². The number of nitrogens with zero attached hydrogens (tertiary/aromatic N) is 1. The molecule has 6 heteroatoms. The molecule has 2 N–H and O–H groups in total. The summed E-state index contributed by atoms with van der Waals surface area (Å²) in [4.78, 5) is 2.31. The van der Waals surface area contributed by atoms with Gasteiger partial charge in [0.15, 0.2) is 0 Å². The van der Waals surface area contributed by atoms with Crippen LogP contribution in [0.1, 0.15) is 64.9 Å². The highest BCUT2D eigenvalue weighted by Gasteiger charge is 2.10. The minimum atomic E-state index is -4.06. The zero-order chi connectivity index (χ0) is 19.3. The van der Waals surface area contributed by atoms with Crippen molar-refractivity contribution in [2.24, 2.45) is 0 Å². The van der Waals surface area contributed by atoms with Gasteiger partial charge in [-0.3, -0.25) is 4.55 Å². The van der Waals surface area contributed by atoms with Gasteiger partial charge in [0.2, 0.25) is 0 Å². The molecule has 5 nitrogen and oxygen atoms in total. The molecule has 1 aromatic rings. The predicted octanol–water partition coefficient (Wildman–Crippen LogP) is 3.94. The van der Waals surface area contributed by atoms with Gasteiger partial charge in [-0.25, -0.2) is 0 Å². The first kappa shape index (κ1) is 24.1. The summed E-state index contributed by atoms with van der Waals surface area (Å²) in [7, 11) is -4.06. The van der Waals surface area contributed by atoms with Crippen LogP contribution < -0.4 is 0 Å². The Bertz CT molecular complexity index is 550. The first-order valence-corrected chi connectivity index (χ1v) is 10.6. The van der Waals surface area contributed by atoms with Crippen LogP contribution in [0.25, 0.3) is 0 Å². The third-order valence-electron chi connectivity index (χ3n) is 3.89. The minimum absolute atomic E-state index is 0.0429. The molecule has 0 radical (unpaired) electrons. The maximum atomic E-state index is 10.8. The van der Waals surface area contributed by atoms with Crippen molar-refractivity contribution in [2.75, 3.05) is 26.2 Å². The van der Waals surface area contributed by atoms with Crippen LogP contribution in [0.2, 0.25) is 0 Å². The number of unbranched alkanes of at least 4 members (excludes halogenated alkanes) is 2. The Kier molecular flexibility index (Phi) is 12.8. The smallest absolute Gasteiger partial charge is 0.294 e. The van der Waals surface area contributed by atoms with Gasteiger partial charge < -0.3 is 10.0 Å². The maximum absolute atomic E-state index is 10.8. The van der Waals surface area contributed by atoms with E-state index in [0.29, 0.717) is 6.61 Å². The molecule has 1 aromatic carbocycles. The van der Waals surface area contributed by atoms with Gasteiger partial charge in [0.1, 0.15) is 0 Å². The summed E-state index contributed by atoms with van der Waals surface area (Å²) in [5.41, 5.74) is 0.898. The molecular weight excluding hydrogens is 338 g/mol. The monoisotopic (exact) mass is 373 g/mol. The van der Waals surface area contributed by atoms with Gasteiger partial charge in [0.25, 0.3) is 10.1 Å². The second kappa shape index (κ2) is 13.3. The summed E-state index contributed by atoms with van der Waals surface area (Å²) in [6, 6.07) is 6.32. The standard InChI is InChI=1S/C10H23NO.C9H12O3S/c1-3-5-7-11(9-10-12)8-6-4-2;1-7(2)8-4-3-5-9(6-8)13(10,11)12/h12H,3-10H2,1-2H3;3-7H,1-2H3,(H,10,11,12). The Morgan fingerprint density at radius 3 is 2.00 bits per heavy atom. The predicted molar refractivity (Wildman–Crippen MR) is 104 cm³/mol. The SMILES string of the molecule is CC(C)c1cccc(S(=O)(=O)O)c1.CCCCN(CCO)CCCC. The van der Waals surface area contributed by atoms with Crippen molar-refractivity contribution >= 4 is 10.1 Å². The lowest BCUT2D eigenvalue weighted by Crippen LogP contribution is -2.28. The lowest BCUT2D eigenvalue weighted by atomic mass is 10.0. The molecule has 0 aliphatic rings. The maximum Gasteiger partial charge on any atom is 0.294 e. The van der Waals surface area contributed by atoms with Gasteiger partial charge in [-0.2, -0.15) is 8.42 Å². The van der Waals surface area contributed by atoms with Gasteiger partial charge in [0, 0.05) is 6.54 Å². The van der Waals surface area contributed by atoms with Gasteiger partial charge in [0.05, 0.1) is 11.5 Å². The molecule has 25 heavy (non-hydrogen) atoms. The van der Waals surface area contributed by atoms with Crippen molar-refractivity contribution in [3.05, 3.63) is 29.8 Å². The largest absolute Gasteiger partial charge is 0.395 e. The van der Waals surface area contributed by atoms with Crippen LogP contribution >= 0.6 is 0 Å². The minimum Gasteiger partial charge on any atom is -0.395 e. The molecule has 1 rings (SSSR count). The molecule has 0 atom stereocenters. The third-order valence-corrected chi connectivity index (χ3v) is 4.74. The molecule has 0 saturated carbocycles. The summed E-state index contributed by atoms with van der Waals surface area (Å²) in [5, 5.41) is 8.79. The van der Waals surface area contributed by atoms with E-state index < -0.39 is 10.1 Å². The Balaban J connectivity index is 0.000000463. The summed E-state index contributed by atoms with van der Waals surface area (Å²) in [6.07, 6.45) is 5.00. The van der Waals surface area contributed by atoms with Crippen LogP contribution in [0.4, 0.5) is 0 Å². The molecule has 0 heterocycles. The molecule has 0 bridgehead atoms. The molecule has 0 saturated heterocycles. The summed E-state index contributed by atoms with van der Waals surface area (Å²) in [6.45, 7) is 11.8. The van der Waals surface area contributed by atoms with Gasteiger partial charge >= 0.3 is 0 Å². The molecule has 0 spiro atoms. The zero-order valence-corrected chi connectivity index (χ0v) is 16.9. The fourth-order valence-electron chi connectivity index (χ4n) is 2.27. The van der Waals surface area contributed by atoms with Crippen LogP contribution in [-0.4, -0.2) is 49.2 Å². The second-order valence-corrected chi connectivity index (χ2v) is 7.90. The average Bonchev–Trinajstić information content (AvgIpc) is 2.57. The van der Waals surface area contributed by atoms with Crippen molar-refractivity contribution < 1.29 is 18.1 Å². The number of hydrogen-bond donors (Lipinski definition) is 2. The molecule has 0 aliphatic carbocycles. The molecule has 0 fully saturated rings. The highest BCUT2D eigenvalue weighted by molar-refractivity contribution is 7.85. The van der Waals surface area contributed by atoms with E-state index in [-0.39, 0.29) is 10.8 Å². The van der Waals surface area contributed by atoms with Crippen LogP contribution in [0, 0.1) is 0 Å². The molecule has 146 valence electrons. The van der Waals surface area contributed by atoms with E-state index in [1.165, 1.54) is 37.8 Å². The Morgan fingerprint density at radius 2 is 1.60 bits per heavy atom. The van der Waals surface area contributed by atoms with Crippen molar-refractivity contribution in [2.45, 2.75) is 64.2 Å². The van der Waals surface area contributed by atoms with Crippen LogP contribution in [0.5, 0.6) is 0 Å². The number of rotatable bonds is 10. The molecule has 0 aromatic heterocycles. The lowest BCUT2D eigenvalue weighted by molar-refractivity contribution is 0.192. The van der Waals surface area contributed by atoms with Crippen molar-refractivity contribution in [1.29, 1.82) is 0 Å². The number of aliphatic hydroxyl groups excluding tert-OH is 1. The van der Waals surface area contributed by atoms with E-state index in [1.54, 1.807) is 6.07 Å². The molecular formula is C19H35NO4S. The first-order chi connectivity index (χ1) is 11.8. The Morgan fingerprint density at radius 1 is 1.04 bits per heavy atom. The fourth-order valence-corrected chi connectivity index (χ4v) is 2.81. The van der Waals surface area contributed by atoms with Crippen molar-refractivity contribution in [1.82, 2.24) is 4.90 Å². The van der Waals surface area contributed by atoms with Crippen molar-refractivity contribution in [3.8, 4) is 0 Å². The molecule has 0 amide bonds. The number of hydrogen-bond acceptors (Lipinski definition) is 4. The molecule has 0 unspecified atom stereocenters. The Labute approximate surface area is 153 Å². The number of aliphatic hydroxyl groups is 1. The van der Waals surface area contributed by atoms with Gasteiger partial charge in [-0.15, -0.1) is 0 Å². The average molecular weight is 374 g/mol. The highest BCUT2D eigenvalue weighted by atomic mass is 32.2. The van der Waals surface area contributed by atoms with E-state index in [4.69, 9.17) is 9.66 Å². The second-order valence-electron chi connectivity index (χ2n) is 6.47. The first-order valence-electron chi connectivity index (χ1n) is 9.16. The van der Waals surface area contributed by atoms with E-state index >= 15 is 0 Å². The molecule has 0 aliphatic heterocycles. The van der Waals surface area contributed by atoms with E-state index in [9.17, 15) is 8.42 Å². The van der Waals surface area contributed by atoms with Crippen LogP contribution in [0.15, 0.2) is 29.2 Å². The summed E-state index contributed by atoms with van der Waals surface area (Å²) >= 11 is 0. The third kappa shape index (κ3) is 11.3. The lowest BCUT2D eigenvalue weighted by Gasteiger charge is -2.20. The van der Waals surface area contributed by atoms with Crippen LogP contribution in [-0.2, 0) is 10.1 Å². The van der Waals surface area contributed by atoms with E-state index in [2.05, 4.69) is 18.7 Å². The van der Waals surface area contributed by atoms with E-state index in [0.717, 1.165) is 25.2 Å².